The van der Waals surface area contributed by atoms with E-state index >= 15 is 0 Å². The summed E-state index contributed by atoms with van der Waals surface area (Å²) in [5.74, 6) is 1.01. The van der Waals surface area contributed by atoms with Gasteiger partial charge in [-0.3, -0.25) is 37.3 Å². The van der Waals surface area contributed by atoms with Crippen molar-refractivity contribution >= 4 is 39.5 Å². The van der Waals surface area contributed by atoms with Gasteiger partial charge in [0.2, 0.25) is 0 Å². The molecule has 0 aliphatic rings. The number of esters is 4. The first-order chi connectivity index (χ1) is 49.6. The summed E-state index contributed by atoms with van der Waals surface area (Å²) in [6.45, 7) is 14.3. The van der Waals surface area contributed by atoms with Crippen molar-refractivity contribution in [1.82, 2.24) is 0 Å². The second kappa shape index (κ2) is 72.9. The van der Waals surface area contributed by atoms with Crippen LogP contribution in [0.25, 0.3) is 0 Å². The fraction of sp³-hybridized carbons (Fsp3) is 0.952. The third-order valence-corrected chi connectivity index (χ3v) is 21.8. The van der Waals surface area contributed by atoms with Crippen molar-refractivity contribution in [3.8, 4) is 0 Å². The SMILES string of the molecule is CCC(C)CCCCCCCCCCCCCCCCCCCCC(=O)O[C@H](COC(=O)CCCCCCCCCCCCCCC(C)C)COP(=O)(O)OCC(O)COP(=O)(O)OC[C@@H](COC(=O)CCCCCCCCC(C)C)OC(=O)CCCCCCCCCCCCCCCCC(C)C. The molecular weight excluding hydrogens is 1340 g/mol. The Balaban J connectivity index is 5.20. The van der Waals surface area contributed by atoms with E-state index < -0.39 is 97.5 Å². The molecule has 0 aromatic rings. The van der Waals surface area contributed by atoms with E-state index in [0.717, 1.165) is 114 Å². The van der Waals surface area contributed by atoms with Crippen LogP contribution in [-0.4, -0.2) is 96.7 Å². The van der Waals surface area contributed by atoms with Crippen molar-refractivity contribution in [3.63, 3.8) is 0 Å². The van der Waals surface area contributed by atoms with Gasteiger partial charge in [0, 0.05) is 25.7 Å². The van der Waals surface area contributed by atoms with Crippen LogP contribution in [0.5, 0.6) is 0 Å². The van der Waals surface area contributed by atoms with Gasteiger partial charge in [-0.1, -0.05) is 383 Å². The molecule has 0 aliphatic carbocycles. The summed E-state index contributed by atoms with van der Waals surface area (Å²) in [7, 11) is -9.93. The summed E-state index contributed by atoms with van der Waals surface area (Å²) in [5.41, 5.74) is 0. The van der Waals surface area contributed by atoms with Crippen molar-refractivity contribution in [2.24, 2.45) is 23.7 Å². The fourth-order valence-corrected chi connectivity index (χ4v) is 14.5. The van der Waals surface area contributed by atoms with Gasteiger partial charge < -0.3 is 33.8 Å². The topological polar surface area (TPSA) is 237 Å². The number of aliphatic hydroxyl groups excluding tert-OH is 1. The number of phosphoric ester groups is 2. The predicted molar refractivity (Wildman–Crippen MR) is 423 cm³/mol. The van der Waals surface area contributed by atoms with E-state index in [-0.39, 0.29) is 25.7 Å². The maximum Gasteiger partial charge on any atom is 0.472 e. The molecule has 0 amide bonds. The van der Waals surface area contributed by atoms with Crippen molar-refractivity contribution < 1.29 is 80.2 Å². The number of ether oxygens (including phenoxy) is 4. The number of aliphatic hydroxyl groups is 1. The lowest BCUT2D eigenvalue weighted by atomic mass is 9.99. The molecular formula is C84H164O17P2. The summed E-state index contributed by atoms with van der Waals surface area (Å²) in [5, 5.41) is 10.7. The van der Waals surface area contributed by atoms with Crippen LogP contribution in [0.1, 0.15) is 434 Å². The Morgan fingerprint density at radius 2 is 0.466 bits per heavy atom. The number of unbranched alkanes of at least 4 members (excludes halogenated alkanes) is 46. The molecule has 0 heterocycles. The molecule has 0 radical (unpaired) electrons. The van der Waals surface area contributed by atoms with Crippen LogP contribution in [-0.2, 0) is 65.4 Å². The number of rotatable bonds is 81. The number of hydrogen-bond acceptors (Lipinski definition) is 15. The Kier molecular flexibility index (Phi) is 71.5. The predicted octanol–water partition coefficient (Wildman–Crippen LogP) is 25.2. The van der Waals surface area contributed by atoms with Gasteiger partial charge in [0.05, 0.1) is 26.4 Å². The maximum absolute atomic E-state index is 13.1. The minimum Gasteiger partial charge on any atom is -0.462 e. The molecule has 19 heteroatoms. The van der Waals surface area contributed by atoms with Gasteiger partial charge in [0.25, 0.3) is 0 Å². The summed E-state index contributed by atoms with van der Waals surface area (Å²) in [6.07, 6.45) is 61.2. The van der Waals surface area contributed by atoms with E-state index in [0.29, 0.717) is 31.6 Å². The molecule has 4 unspecified atom stereocenters. The minimum atomic E-state index is -4.96. The quantitative estimate of drug-likeness (QED) is 0.0222. The fourth-order valence-electron chi connectivity index (χ4n) is 12.9. The number of carbonyl (C=O) groups is 4. The second-order valence-electron chi connectivity index (χ2n) is 31.9. The van der Waals surface area contributed by atoms with Gasteiger partial charge in [0.1, 0.15) is 19.3 Å². The molecule has 0 saturated heterocycles. The van der Waals surface area contributed by atoms with Crippen LogP contribution in [0.4, 0.5) is 0 Å². The highest BCUT2D eigenvalue weighted by Crippen LogP contribution is 2.45. The Hall–Kier alpha value is -1.94. The van der Waals surface area contributed by atoms with Crippen LogP contribution in [0.15, 0.2) is 0 Å². The Labute approximate surface area is 632 Å². The highest BCUT2D eigenvalue weighted by atomic mass is 31.2. The normalized spacial score (nSPS) is 14.2. The average molecular weight is 1510 g/mol. The monoisotopic (exact) mass is 1510 g/mol. The van der Waals surface area contributed by atoms with E-state index in [4.69, 9.17) is 37.0 Å². The molecule has 0 rings (SSSR count). The second-order valence-corrected chi connectivity index (χ2v) is 34.8. The molecule has 0 aliphatic heterocycles. The highest BCUT2D eigenvalue weighted by molar-refractivity contribution is 7.47. The maximum atomic E-state index is 13.1. The molecule has 612 valence electrons. The molecule has 0 fully saturated rings. The molecule has 0 bridgehead atoms. The molecule has 0 spiro atoms. The van der Waals surface area contributed by atoms with E-state index in [9.17, 15) is 43.2 Å². The third kappa shape index (κ3) is 76.6. The lowest BCUT2D eigenvalue weighted by molar-refractivity contribution is -0.161. The van der Waals surface area contributed by atoms with Crippen molar-refractivity contribution in [1.29, 1.82) is 0 Å². The zero-order valence-electron chi connectivity index (χ0n) is 68.0. The Bertz CT molecular complexity index is 2010. The first-order valence-electron chi connectivity index (χ1n) is 43.2. The number of phosphoric acid groups is 2. The minimum absolute atomic E-state index is 0.106. The van der Waals surface area contributed by atoms with Gasteiger partial charge >= 0.3 is 39.5 Å². The average Bonchev–Trinajstić information content (AvgIpc) is 0.909. The molecule has 0 aromatic heterocycles. The zero-order valence-corrected chi connectivity index (χ0v) is 69.7. The largest absolute Gasteiger partial charge is 0.472 e. The summed E-state index contributed by atoms with van der Waals surface area (Å²) in [6, 6.07) is 0. The van der Waals surface area contributed by atoms with Crippen LogP contribution in [0.3, 0.4) is 0 Å². The van der Waals surface area contributed by atoms with E-state index in [1.807, 2.05) is 0 Å². The van der Waals surface area contributed by atoms with E-state index in [1.165, 1.54) is 231 Å². The first kappa shape index (κ1) is 101. The third-order valence-electron chi connectivity index (χ3n) is 19.9. The molecule has 6 atom stereocenters. The van der Waals surface area contributed by atoms with Crippen LogP contribution in [0.2, 0.25) is 0 Å². The van der Waals surface area contributed by atoms with E-state index in [1.54, 1.807) is 0 Å². The van der Waals surface area contributed by atoms with Crippen LogP contribution >= 0.6 is 15.6 Å². The summed E-state index contributed by atoms with van der Waals surface area (Å²) in [4.78, 5) is 73.1. The van der Waals surface area contributed by atoms with Gasteiger partial charge in [-0.15, -0.1) is 0 Å². The molecule has 103 heavy (non-hydrogen) atoms. The van der Waals surface area contributed by atoms with Crippen molar-refractivity contribution in [2.75, 3.05) is 39.6 Å². The molecule has 17 nitrogen and oxygen atoms in total. The highest BCUT2D eigenvalue weighted by Gasteiger charge is 2.30. The summed E-state index contributed by atoms with van der Waals surface area (Å²) >= 11 is 0. The van der Waals surface area contributed by atoms with Crippen molar-refractivity contribution in [3.05, 3.63) is 0 Å². The zero-order chi connectivity index (χ0) is 76.0. The van der Waals surface area contributed by atoms with Crippen molar-refractivity contribution in [2.45, 2.75) is 453 Å². The smallest absolute Gasteiger partial charge is 0.462 e. The molecule has 0 aromatic carbocycles. The Morgan fingerprint density at radius 3 is 0.689 bits per heavy atom. The number of carbonyl (C=O) groups excluding carboxylic acids is 4. The van der Waals surface area contributed by atoms with Gasteiger partial charge in [-0.25, -0.2) is 9.13 Å². The van der Waals surface area contributed by atoms with Crippen LogP contribution < -0.4 is 0 Å². The Morgan fingerprint density at radius 1 is 0.272 bits per heavy atom. The van der Waals surface area contributed by atoms with Gasteiger partial charge in [-0.05, 0) is 49.4 Å². The lowest BCUT2D eigenvalue weighted by Gasteiger charge is -2.21. The first-order valence-corrected chi connectivity index (χ1v) is 46.2. The van der Waals surface area contributed by atoms with E-state index in [2.05, 4.69) is 55.4 Å². The lowest BCUT2D eigenvalue weighted by Crippen LogP contribution is -2.30. The van der Waals surface area contributed by atoms with Gasteiger partial charge in [0.15, 0.2) is 12.2 Å². The summed E-state index contributed by atoms with van der Waals surface area (Å²) < 4.78 is 68.8. The molecule has 3 N–H and O–H groups in total. The standard InChI is InChI=1S/C84H164O17P2/c1-9-77(8)63-55-47-38-32-26-19-14-12-10-11-13-15-20-28-34-40-50-58-66-83(88)100-79(70-94-81(86)64-56-48-39-33-27-23-22-25-31-37-45-53-61-75(4)5)72-98-102(90,91)96-68-78(85)69-97-103(92,93)99-73-80(71-95-82(87)65-57-49-43-42-46-54-62-76(6)7)101-84(89)67-59-51-41-35-29-21-17-16-18-24-30-36-44-52-60-74(2)3/h74-80,85H,9-73H2,1-8H3,(H,90,91)(H,92,93)/t77?,78?,79-,80-/m1/s1. The number of hydrogen-bond donors (Lipinski definition) is 3. The molecule has 0 saturated carbocycles. The van der Waals surface area contributed by atoms with Gasteiger partial charge in [-0.2, -0.15) is 0 Å². The van der Waals surface area contributed by atoms with Crippen LogP contribution in [0, 0.1) is 23.7 Å².